The molecular formula is C5H7NO3S. The first-order chi connectivity index (χ1) is 4.63. The van der Waals surface area contributed by atoms with E-state index in [1.807, 2.05) is 0 Å². The van der Waals surface area contributed by atoms with Crippen LogP contribution < -0.4 is 0 Å². The maximum Gasteiger partial charge on any atom is 0.336 e. The van der Waals surface area contributed by atoms with Gasteiger partial charge in [-0.25, -0.2) is 4.79 Å². The second-order valence-corrected chi connectivity index (χ2v) is 1.98. The van der Waals surface area contributed by atoms with Crippen LogP contribution in [0.1, 0.15) is 0 Å². The minimum absolute atomic E-state index is 0.155. The van der Waals surface area contributed by atoms with Crippen LogP contribution in [0, 0.1) is 4.91 Å². The average Bonchev–Trinajstić information content (AvgIpc) is 1.88. The summed E-state index contributed by atoms with van der Waals surface area (Å²) in [5.41, 5.74) is 0.200. The van der Waals surface area contributed by atoms with Crippen molar-refractivity contribution < 1.29 is 9.90 Å². The summed E-state index contributed by atoms with van der Waals surface area (Å²) in [6.45, 7) is 3.31. The average molecular weight is 161 g/mol. The van der Waals surface area contributed by atoms with Crippen LogP contribution in [0.2, 0.25) is 0 Å². The fourth-order valence-corrected chi connectivity index (χ4v) is 0.554. The maximum atomic E-state index is 10.1. The molecule has 1 atom stereocenters. The van der Waals surface area contributed by atoms with Gasteiger partial charge in [-0.05, 0) is 10.7 Å². The van der Waals surface area contributed by atoms with Crippen molar-refractivity contribution in [2.24, 2.45) is 5.18 Å². The number of carboxylic acid groups (broad SMARTS) is 1. The third-order valence-corrected chi connectivity index (χ3v) is 1.34. The van der Waals surface area contributed by atoms with E-state index in [0.29, 0.717) is 0 Å². The standard InChI is InChI=1S/C5H7NO3S/c1-3(2-10)4(6-9)5(7)8/h4,10H,1-2H2,(H,7,8)/t4-/m0/s1. The van der Waals surface area contributed by atoms with Crippen LogP contribution in [0.5, 0.6) is 0 Å². The summed E-state index contributed by atoms with van der Waals surface area (Å²) in [6, 6.07) is -1.35. The molecular weight excluding hydrogens is 154 g/mol. The Hall–Kier alpha value is -0.840. The monoisotopic (exact) mass is 161 g/mol. The van der Waals surface area contributed by atoms with Crippen molar-refractivity contribution in [2.45, 2.75) is 6.04 Å². The van der Waals surface area contributed by atoms with Crippen LogP contribution in [0.25, 0.3) is 0 Å². The first-order valence-electron chi connectivity index (χ1n) is 2.47. The normalized spacial score (nSPS) is 12.1. The lowest BCUT2D eigenvalue weighted by Crippen LogP contribution is -2.19. The van der Waals surface area contributed by atoms with Crippen LogP contribution in [-0.4, -0.2) is 22.9 Å². The topological polar surface area (TPSA) is 66.7 Å². The summed E-state index contributed by atoms with van der Waals surface area (Å²) in [6.07, 6.45) is 0. The molecule has 0 aliphatic heterocycles. The minimum Gasteiger partial charge on any atom is -0.479 e. The molecule has 0 fully saturated rings. The zero-order valence-electron chi connectivity index (χ0n) is 5.15. The molecule has 0 spiro atoms. The molecule has 0 saturated heterocycles. The minimum atomic E-state index is -1.35. The second-order valence-electron chi connectivity index (χ2n) is 1.66. The van der Waals surface area contributed by atoms with Gasteiger partial charge in [0, 0.05) is 5.75 Å². The molecule has 56 valence electrons. The Morgan fingerprint density at radius 2 is 2.30 bits per heavy atom. The summed E-state index contributed by atoms with van der Waals surface area (Å²) in [5.74, 6) is -1.13. The lowest BCUT2D eigenvalue weighted by atomic mass is 10.2. The molecule has 0 aromatic heterocycles. The maximum absolute atomic E-state index is 10.1. The molecule has 0 unspecified atom stereocenters. The van der Waals surface area contributed by atoms with Crippen molar-refractivity contribution in [3.05, 3.63) is 17.1 Å². The van der Waals surface area contributed by atoms with Gasteiger partial charge in [-0.15, -0.1) is 4.91 Å². The summed E-state index contributed by atoms with van der Waals surface area (Å²) in [4.78, 5) is 20.0. The predicted octanol–water partition coefficient (Wildman–Crippen LogP) is 0.692. The predicted molar refractivity (Wildman–Crippen MR) is 40.2 cm³/mol. The highest BCUT2D eigenvalue weighted by Crippen LogP contribution is 2.05. The van der Waals surface area contributed by atoms with Crippen molar-refractivity contribution in [1.82, 2.24) is 0 Å². The van der Waals surface area contributed by atoms with Gasteiger partial charge in [-0.3, -0.25) is 0 Å². The van der Waals surface area contributed by atoms with Gasteiger partial charge in [0.25, 0.3) is 0 Å². The number of rotatable bonds is 4. The van der Waals surface area contributed by atoms with E-state index in [-0.39, 0.29) is 11.3 Å². The quantitative estimate of drug-likeness (QED) is 0.362. The van der Waals surface area contributed by atoms with Crippen molar-refractivity contribution in [2.75, 3.05) is 5.75 Å². The number of nitrogens with zero attached hydrogens (tertiary/aromatic N) is 1. The second kappa shape index (κ2) is 4.05. The van der Waals surface area contributed by atoms with Gasteiger partial charge in [0.2, 0.25) is 6.04 Å². The van der Waals surface area contributed by atoms with Gasteiger partial charge in [-0.1, -0.05) is 6.58 Å². The fraction of sp³-hybridized carbons (Fsp3) is 0.400. The van der Waals surface area contributed by atoms with Crippen molar-refractivity contribution in [1.29, 1.82) is 0 Å². The largest absolute Gasteiger partial charge is 0.479 e. The molecule has 0 amide bonds. The molecule has 0 bridgehead atoms. The summed E-state index contributed by atoms with van der Waals surface area (Å²) in [7, 11) is 0. The number of carbonyl (C=O) groups is 1. The highest BCUT2D eigenvalue weighted by atomic mass is 32.1. The van der Waals surface area contributed by atoms with Gasteiger partial charge < -0.3 is 5.11 Å². The first kappa shape index (κ1) is 9.16. The molecule has 0 aliphatic carbocycles. The molecule has 10 heavy (non-hydrogen) atoms. The van der Waals surface area contributed by atoms with Crippen molar-refractivity contribution in [3.8, 4) is 0 Å². The lowest BCUT2D eigenvalue weighted by molar-refractivity contribution is -0.137. The van der Waals surface area contributed by atoms with Crippen LogP contribution in [-0.2, 0) is 4.79 Å². The molecule has 1 N–H and O–H groups in total. The zero-order valence-corrected chi connectivity index (χ0v) is 6.04. The molecule has 4 nitrogen and oxygen atoms in total. The Morgan fingerprint density at radius 1 is 1.80 bits per heavy atom. The van der Waals surface area contributed by atoms with Gasteiger partial charge in [0.1, 0.15) is 0 Å². The molecule has 5 heteroatoms. The molecule has 0 aliphatic rings. The number of carboxylic acids is 1. The third kappa shape index (κ3) is 2.18. The van der Waals surface area contributed by atoms with Crippen molar-refractivity contribution in [3.63, 3.8) is 0 Å². The fourth-order valence-electron chi connectivity index (χ4n) is 0.381. The lowest BCUT2D eigenvalue weighted by Gasteiger charge is -2.02. The van der Waals surface area contributed by atoms with E-state index in [9.17, 15) is 9.70 Å². The molecule has 0 radical (unpaired) electrons. The molecule has 0 heterocycles. The summed E-state index contributed by atoms with van der Waals surface area (Å²) < 4.78 is 0. The number of hydrogen-bond donors (Lipinski definition) is 2. The van der Waals surface area contributed by atoms with Gasteiger partial charge in [0.15, 0.2) is 0 Å². The van der Waals surface area contributed by atoms with E-state index >= 15 is 0 Å². The molecule has 0 aromatic carbocycles. The van der Waals surface area contributed by atoms with Crippen LogP contribution in [0.15, 0.2) is 17.3 Å². The van der Waals surface area contributed by atoms with E-state index in [0.717, 1.165) is 0 Å². The first-order valence-corrected chi connectivity index (χ1v) is 3.10. The Morgan fingerprint density at radius 3 is 2.40 bits per heavy atom. The van der Waals surface area contributed by atoms with Crippen LogP contribution in [0.3, 0.4) is 0 Å². The highest BCUT2D eigenvalue weighted by Gasteiger charge is 2.19. The van der Waals surface area contributed by atoms with Crippen LogP contribution in [0.4, 0.5) is 0 Å². The summed E-state index contributed by atoms with van der Waals surface area (Å²) in [5, 5.41) is 10.6. The smallest absolute Gasteiger partial charge is 0.336 e. The molecule has 0 rings (SSSR count). The third-order valence-electron chi connectivity index (χ3n) is 0.929. The number of aliphatic carboxylic acids is 1. The Bertz CT molecular complexity index is 168. The van der Waals surface area contributed by atoms with E-state index in [1.54, 1.807) is 0 Å². The molecule has 0 saturated carbocycles. The summed E-state index contributed by atoms with van der Waals surface area (Å²) >= 11 is 3.74. The van der Waals surface area contributed by atoms with E-state index in [1.165, 1.54) is 0 Å². The van der Waals surface area contributed by atoms with Gasteiger partial charge >= 0.3 is 5.97 Å². The van der Waals surface area contributed by atoms with Gasteiger partial charge in [-0.2, -0.15) is 12.6 Å². The SMILES string of the molecule is C=C(CS)[C@H](N=O)C(=O)O. The number of nitroso groups, excluding NO2 is 1. The van der Waals surface area contributed by atoms with E-state index in [2.05, 4.69) is 24.4 Å². The number of thiol groups is 1. The van der Waals surface area contributed by atoms with Gasteiger partial charge in [0.05, 0.1) is 0 Å². The Kier molecular flexibility index (Phi) is 3.71. The Labute approximate surface area is 63.3 Å². The van der Waals surface area contributed by atoms with E-state index in [4.69, 9.17) is 5.11 Å². The number of hydrogen-bond acceptors (Lipinski definition) is 4. The molecule has 0 aromatic rings. The van der Waals surface area contributed by atoms with Crippen LogP contribution >= 0.6 is 12.6 Å². The Balaban J connectivity index is 4.20. The van der Waals surface area contributed by atoms with Crippen molar-refractivity contribution >= 4 is 18.6 Å². The zero-order chi connectivity index (χ0) is 8.15. The van der Waals surface area contributed by atoms with E-state index < -0.39 is 12.0 Å². The highest BCUT2D eigenvalue weighted by molar-refractivity contribution is 7.80.